The van der Waals surface area contributed by atoms with Crippen LogP contribution in [-0.4, -0.2) is 26.0 Å². The SMILES string of the molecule is Cc1cc(S(=O)(=O)NCCCC(=O)O)ccc1F. The number of carboxylic acids is 1. The van der Waals surface area contributed by atoms with Crippen molar-refractivity contribution in [2.75, 3.05) is 6.54 Å². The molecule has 1 rings (SSSR count). The first kappa shape index (κ1) is 14.6. The summed E-state index contributed by atoms with van der Waals surface area (Å²) in [6.45, 7) is 1.50. The van der Waals surface area contributed by atoms with Crippen molar-refractivity contribution in [3.63, 3.8) is 0 Å². The first-order chi connectivity index (χ1) is 8.33. The van der Waals surface area contributed by atoms with Crippen molar-refractivity contribution in [3.05, 3.63) is 29.6 Å². The van der Waals surface area contributed by atoms with Crippen LogP contribution in [0.5, 0.6) is 0 Å². The van der Waals surface area contributed by atoms with Crippen LogP contribution in [-0.2, 0) is 14.8 Å². The standard InChI is InChI=1S/C11H14FNO4S/c1-8-7-9(4-5-10(8)12)18(16,17)13-6-2-3-11(14)15/h4-5,7,13H,2-3,6H2,1H3,(H,14,15). The lowest BCUT2D eigenvalue weighted by molar-refractivity contribution is -0.137. The maximum atomic E-state index is 13.0. The van der Waals surface area contributed by atoms with E-state index < -0.39 is 21.8 Å². The van der Waals surface area contributed by atoms with Crippen LogP contribution in [0.3, 0.4) is 0 Å². The highest BCUT2D eigenvalue weighted by Crippen LogP contribution is 2.13. The summed E-state index contributed by atoms with van der Waals surface area (Å²) in [5.41, 5.74) is 0.239. The minimum atomic E-state index is -3.71. The number of halogens is 1. The highest BCUT2D eigenvalue weighted by Gasteiger charge is 2.14. The van der Waals surface area contributed by atoms with Gasteiger partial charge in [0.05, 0.1) is 4.90 Å². The lowest BCUT2D eigenvalue weighted by Crippen LogP contribution is -2.25. The van der Waals surface area contributed by atoms with Gasteiger partial charge in [-0.1, -0.05) is 0 Å². The lowest BCUT2D eigenvalue weighted by atomic mass is 10.2. The van der Waals surface area contributed by atoms with Crippen molar-refractivity contribution in [1.82, 2.24) is 4.72 Å². The van der Waals surface area contributed by atoms with E-state index >= 15 is 0 Å². The summed E-state index contributed by atoms with van der Waals surface area (Å²) in [5.74, 6) is -1.45. The molecular weight excluding hydrogens is 261 g/mol. The van der Waals surface area contributed by atoms with Gasteiger partial charge in [-0.3, -0.25) is 4.79 Å². The Morgan fingerprint density at radius 1 is 1.44 bits per heavy atom. The van der Waals surface area contributed by atoms with E-state index in [4.69, 9.17) is 5.11 Å². The van der Waals surface area contributed by atoms with Crippen LogP contribution in [0, 0.1) is 12.7 Å². The average molecular weight is 275 g/mol. The zero-order chi connectivity index (χ0) is 13.8. The van der Waals surface area contributed by atoms with Crippen LogP contribution in [0.1, 0.15) is 18.4 Å². The number of benzene rings is 1. The van der Waals surface area contributed by atoms with Gasteiger partial charge in [0, 0.05) is 13.0 Å². The summed E-state index contributed by atoms with van der Waals surface area (Å²) < 4.78 is 38.8. The molecule has 0 atom stereocenters. The molecule has 0 heterocycles. The van der Waals surface area contributed by atoms with Gasteiger partial charge in [-0.2, -0.15) is 0 Å². The zero-order valence-electron chi connectivity index (χ0n) is 9.81. The third-order valence-electron chi connectivity index (χ3n) is 2.30. The number of sulfonamides is 1. The van der Waals surface area contributed by atoms with E-state index in [1.165, 1.54) is 19.1 Å². The molecule has 0 aromatic heterocycles. The van der Waals surface area contributed by atoms with E-state index in [0.29, 0.717) is 0 Å². The van der Waals surface area contributed by atoms with Crippen molar-refractivity contribution in [1.29, 1.82) is 0 Å². The second-order valence-corrected chi connectivity index (χ2v) is 5.57. The van der Waals surface area contributed by atoms with Crippen molar-refractivity contribution < 1.29 is 22.7 Å². The number of aryl methyl sites for hydroxylation is 1. The molecule has 0 aliphatic heterocycles. The van der Waals surface area contributed by atoms with Crippen LogP contribution in [0.2, 0.25) is 0 Å². The molecule has 0 unspecified atom stereocenters. The molecule has 7 heteroatoms. The quantitative estimate of drug-likeness (QED) is 0.766. The molecule has 1 aromatic carbocycles. The van der Waals surface area contributed by atoms with Gasteiger partial charge in [0.2, 0.25) is 10.0 Å². The van der Waals surface area contributed by atoms with Gasteiger partial charge in [-0.15, -0.1) is 0 Å². The Morgan fingerprint density at radius 2 is 2.11 bits per heavy atom. The van der Waals surface area contributed by atoms with Crippen LogP contribution >= 0.6 is 0 Å². The summed E-state index contributed by atoms with van der Waals surface area (Å²) in [5, 5.41) is 8.41. The summed E-state index contributed by atoms with van der Waals surface area (Å²) in [4.78, 5) is 10.2. The molecule has 2 N–H and O–H groups in total. The van der Waals surface area contributed by atoms with E-state index in [1.54, 1.807) is 0 Å². The Morgan fingerprint density at radius 3 is 2.67 bits per heavy atom. The highest BCUT2D eigenvalue weighted by molar-refractivity contribution is 7.89. The fraction of sp³-hybridized carbons (Fsp3) is 0.364. The molecule has 0 saturated carbocycles. The molecule has 0 spiro atoms. The molecule has 18 heavy (non-hydrogen) atoms. The fourth-order valence-corrected chi connectivity index (χ4v) is 2.47. The minimum Gasteiger partial charge on any atom is -0.481 e. The summed E-state index contributed by atoms with van der Waals surface area (Å²) in [7, 11) is -3.71. The smallest absolute Gasteiger partial charge is 0.303 e. The van der Waals surface area contributed by atoms with Crippen LogP contribution < -0.4 is 4.72 Å². The van der Waals surface area contributed by atoms with Crippen molar-refractivity contribution in [2.24, 2.45) is 0 Å². The van der Waals surface area contributed by atoms with Crippen molar-refractivity contribution in [2.45, 2.75) is 24.7 Å². The Kier molecular flexibility index (Phi) is 4.80. The maximum absolute atomic E-state index is 13.0. The summed E-state index contributed by atoms with van der Waals surface area (Å²) >= 11 is 0. The molecule has 100 valence electrons. The van der Waals surface area contributed by atoms with Crippen LogP contribution in [0.25, 0.3) is 0 Å². The van der Waals surface area contributed by atoms with E-state index in [1.807, 2.05) is 0 Å². The third kappa shape index (κ3) is 4.08. The Balaban J connectivity index is 2.68. The van der Waals surface area contributed by atoms with Crippen LogP contribution in [0.4, 0.5) is 4.39 Å². The van der Waals surface area contributed by atoms with E-state index in [9.17, 15) is 17.6 Å². The Hall–Kier alpha value is -1.47. The second kappa shape index (κ2) is 5.92. The molecular formula is C11H14FNO4S. The van der Waals surface area contributed by atoms with E-state index in [-0.39, 0.29) is 29.8 Å². The number of carbonyl (C=O) groups is 1. The maximum Gasteiger partial charge on any atom is 0.303 e. The molecule has 0 bridgehead atoms. The molecule has 0 amide bonds. The zero-order valence-corrected chi connectivity index (χ0v) is 10.6. The molecule has 5 nitrogen and oxygen atoms in total. The minimum absolute atomic E-state index is 0.0308. The topological polar surface area (TPSA) is 83.5 Å². The van der Waals surface area contributed by atoms with Gasteiger partial charge < -0.3 is 5.11 Å². The molecule has 0 saturated heterocycles. The van der Waals surface area contributed by atoms with Gasteiger partial charge in [-0.25, -0.2) is 17.5 Å². The van der Waals surface area contributed by atoms with Crippen molar-refractivity contribution >= 4 is 16.0 Å². The normalized spacial score (nSPS) is 11.4. The predicted molar refractivity (Wildman–Crippen MR) is 63.2 cm³/mol. The van der Waals surface area contributed by atoms with Gasteiger partial charge in [0.25, 0.3) is 0 Å². The van der Waals surface area contributed by atoms with Crippen LogP contribution in [0.15, 0.2) is 23.1 Å². The number of carboxylic acid groups (broad SMARTS) is 1. The third-order valence-corrected chi connectivity index (χ3v) is 3.76. The van der Waals surface area contributed by atoms with Gasteiger partial charge in [-0.05, 0) is 37.1 Å². The monoisotopic (exact) mass is 275 g/mol. The first-order valence-corrected chi connectivity index (χ1v) is 6.79. The lowest BCUT2D eigenvalue weighted by Gasteiger charge is -2.07. The largest absolute Gasteiger partial charge is 0.481 e. The predicted octanol–water partition coefficient (Wildman–Crippen LogP) is 1.28. The second-order valence-electron chi connectivity index (χ2n) is 3.81. The number of nitrogens with one attached hydrogen (secondary N) is 1. The molecule has 1 aromatic rings. The number of aliphatic carboxylic acids is 1. The van der Waals surface area contributed by atoms with E-state index in [2.05, 4.69) is 4.72 Å². The molecule has 0 fully saturated rings. The molecule has 0 radical (unpaired) electrons. The number of hydrogen-bond donors (Lipinski definition) is 2. The fourth-order valence-electron chi connectivity index (χ4n) is 1.31. The molecule has 0 aliphatic carbocycles. The Bertz CT molecular complexity index is 542. The van der Waals surface area contributed by atoms with E-state index in [0.717, 1.165) is 6.07 Å². The Labute approximate surface area is 105 Å². The van der Waals surface area contributed by atoms with Gasteiger partial charge in [0.15, 0.2) is 0 Å². The number of hydrogen-bond acceptors (Lipinski definition) is 3. The van der Waals surface area contributed by atoms with Gasteiger partial charge in [0.1, 0.15) is 5.82 Å². The molecule has 0 aliphatic rings. The highest BCUT2D eigenvalue weighted by atomic mass is 32.2. The first-order valence-electron chi connectivity index (χ1n) is 5.30. The van der Waals surface area contributed by atoms with Gasteiger partial charge >= 0.3 is 5.97 Å². The average Bonchev–Trinajstić information content (AvgIpc) is 2.28. The van der Waals surface area contributed by atoms with Crippen molar-refractivity contribution in [3.8, 4) is 0 Å². The summed E-state index contributed by atoms with van der Waals surface area (Å²) in [6.07, 6.45) is 0.0969. The summed E-state index contributed by atoms with van der Waals surface area (Å²) in [6, 6.07) is 3.48. The number of rotatable bonds is 6.